The minimum atomic E-state index is -3.88. The smallest absolute Gasteiger partial charge is 0.262 e. The van der Waals surface area contributed by atoms with Gasteiger partial charge in [0.1, 0.15) is 0 Å². The number of carbonyl (C=O) groups excluding carboxylic acids is 1. The van der Waals surface area contributed by atoms with E-state index in [0.717, 1.165) is 0 Å². The van der Waals surface area contributed by atoms with E-state index in [0.29, 0.717) is 10.0 Å². The van der Waals surface area contributed by atoms with Crippen molar-refractivity contribution in [2.24, 2.45) is 0 Å². The van der Waals surface area contributed by atoms with Gasteiger partial charge in [-0.05, 0) is 40.5 Å². The Balaban J connectivity index is 3.50. The summed E-state index contributed by atoms with van der Waals surface area (Å²) in [7, 11) is 4.61. The van der Waals surface area contributed by atoms with Crippen molar-refractivity contribution in [1.29, 1.82) is 0 Å². The Kier molecular flexibility index (Phi) is 4.22. The molecule has 0 aromatic heterocycles. The van der Waals surface area contributed by atoms with Crippen LogP contribution in [0, 0.1) is 6.92 Å². The highest BCUT2D eigenvalue weighted by molar-refractivity contribution is 9.10. The van der Waals surface area contributed by atoms with Crippen molar-refractivity contribution in [3.8, 4) is 0 Å². The summed E-state index contributed by atoms with van der Waals surface area (Å²) in [5.74, 6) is -0.276. The van der Waals surface area contributed by atoms with E-state index >= 15 is 0 Å². The Labute approximate surface area is 113 Å². The SMILES string of the molecule is Cc1cc(C(=O)N(C)C)cc(S(=O)(=O)Cl)c1Br. The molecule has 0 unspecified atom stereocenters. The number of hydrogen-bond acceptors (Lipinski definition) is 3. The van der Waals surface area contributed by atoms with E-state index in [1.807, 2.05) is 0 Å². The summed E-state index contributed by atoms with van der Waals surface area (Å²) in [6.07, 6.45) is 0. The molecule has 4 nitrogen and oxygen atoms in total. The van der Waals surface area contributed by atoms with Crippen LogP contribution in [0.3, 0.4) is 0 Å². The molecule has 0 atom stereocenters. The maximum atomic E-state index is 11.8. The summed E-state index contributed by atoms with van der Waals surface area (Å²) >= 11 is 3.15. The number of halogens is 2. The highest BCUT2D eigenvalue weighted by Crippen LogP contribution is 2.29. The molecule has 0 heterocycles. The van der Waals surface area contributed by atoms with Crippen molar-refractivity contribution in [2.75, 3.05) is 14.1 Å². The van der Waals surface area contributed by atoms with Crippen LogP contribution >= 0.6 is 26.6 Å². The van der Waals surface area contributed by atoms with Gasteiger partial charge in [0.2, 0.25) is 0 Å². The predicted molar refractivity (Wildman–Crippen MR) is 69.9 cm³/mol. The van der Waals surface area contributed by atoms with Crippen LogP contribution in [0.5, 0.6) is 0 Å². The van der Waals surface area contributed by atoms with Crippen LogP contribution in [-0.4, -0.2) is 33.3 Å². The third-order valence-electron chi connectivity index (χ3n) is 2.14. The molecule has 1 amide bonds. The summed E-state index contributed by atoms with van der Waals surface area (Å²) in [5, 5.41) is 0. The maximum Gasteiger partial charge on any atom is 0.262 e. The third-order valence-corrected chi connectivity index (χ3v) is 4.80. The van der Waals surface area contributed by atoms with E-state index < -0.39 is 9.05 Å². The molecule has 0 saturated heterocycles. The number of benzene rings is 1. The molecule has 94 valence electrons. The van der Waals surface area contributed by atoms with Gasteiger partial charge in [0.25, 0.3) is 15.0 Å². The standard InChI is InChI=1S/C10H11BrClNO3S/c1-6-4-7(10(14)13(2)3)5-8(9(6)11)17(12,15)16/h4-5H,1-3H3. The van der Waals surface area contributed by atoms with Gasteiger partial charge >= 0.3 is 0 Å². The topological polar surface area (TPSA) is 54.5 Å². The first-order valence-corrected chi connectivity index (χ1v) is 7.71. The Morgan fingerprint density at radius 1 is 1.35 bits per heavy atom. The number of carbonyl (C=O) groups is 1. The summed E-state index contributed by atoms with van der Waals surface area (Å²) in [4.78, 5) is 13.0. The third kappa shape index (κ3) is 3.20. The van der Waals surface area contributed by atoms with E-state index in [-0.39, 0.29) is 16.4 Å². The van der Waals surface area contributed by atoms with Gasteiger partial charge in [0.15, 0.2) is 0 Å². The zero-order chi connectivity index (χ0) is 13.4. The van der Waals surface area contributed by atoms with Gasteiger partial charge in [-0.3, -0.25) is 4.79 Å². The minimum absolute atomic E-state index is 0.0932. The largest absolute Gasteiger partial charge is 0.345 e. The van der Waals surface area contributed by atoms with Crippen LogP contribution in [-0.2, 0) is 9.05 Å². The first kappa shape index (κ1) is 14.5. The highest BCUT2D eigenvalue weighted by Gasteiger charge is 2.20. The summed E-state index contributed by atoms with van der Waals surface area (Å²) in [6, 6.07) is 2.87. The van der Waals surface area contributed by atoms with Gasteiger partial charge in [-0.15, -0.1) is 0 Å². The lowest BCUT2D eigenvalue weighted by Gasteiger charge is -2.13. The van der Waals surface area contributed by atoms with Crippen molar-refractivity contribution in [3.63, 3.8) is 0 Å². The molecular formula is C10H11BrClNO3S. The van der Waals surface area contributed by atoms with Crippen LogP contribution < -0.4 is 0 Å². The lowest BCUT2D eigenvalue weighted by atomic mass is 10.1. The van der Waals surface area contributed by atoms with Gasteiger partial charge in [0.05, 0.1) is 4.90 Å². The molecule has 0 aliphatic rings. The number of nitrogens with zero attached hydrogens (tertiary/aromatic N) is 1. The minimum Gasteiger partial charge on any atom is -0.345 e. The molecule has 1 aromatic carbocycles. The molecule has 0 spiro atoms. The monoisotopic (exact) mass is 339 g/mol. The zero-order valence-corrected chi connectivity index (χ0v) is 12.6. The molecule has 0 aliphatic heterocycles. The quantitative estimate of drug-likeness (QED) is 0.777. The molecule has 0 N–H and O–H groups in total. The second-order valence-corrected chi connectivity index (χ2v) is 7.07. The van der Waals surface area contributed by atoms with Crippen LogP contribution in [0.4, 0.5) is 0 Å². The van der Waals surface area contributed by atoms with E-state index in [9.17, 15) is 13.2 Å². The lowest BCUT2D eigenvalue weighted by molar-refractivity contribution is 0.0827. The molecule has 0 fully saturated rings. The molecule has 0 aliphatic carbocycles. The normalized spacial score (nSPS) is 11.4. The predicted octanol–water partition coefficient (Wildman–Crippen LogP) is 2.39. The van der Waals surface area contributed by atoms with Gasteiger partial charge in [0, 0.05) is 34.8 Å². The summed E-state index contributed by atoms with van der Waals surface area (Å²) < 4.78 is 23.1. The van der Waals surface area contributed by atoms with Crippen molar-refractivity contribution in [2.45, 2.75) is 11.8 Å². The van der Waals surface area contributed by atoms with Crippen molar-refractivity contribution < 1.29 is 13.2 Å². The van der Waals surface area contributed by atoms with Crippen LogP contribution in [0.1, 0.15) is 15.9 Å². The molecular weight excluding hydrogens is 330 g/mol. The Morgan fingerprint density at radius 2 is 1.88 bits per heavy atom. The van der Waals surface area contributed by atoms with Gasteiger partial charge in [-0.1, -0.05) is 0 Å². The Morgan fingerprint density at radius 3 is 2.29 bits per heavy atom. The van der Waals surface area contributed by atoms with Crippen molar-refractivity contribution in [1.82, 2.24) is 4.90 Å². The highest BCUT2D eigenvalue weighted by atomic mass is 79.9. The molecule has 0 saturated carbocycles. The number of hydrogen-bond donors (Lipinski definition) is 0. The fraction of sp³-hybridized carbons (Fsp3) is 0.300. The van der Waals surface area contributed by atoms with E-state index in [2.05, 4.69) is 15.9 Å². The second-order valence-electron chi connectivity index (χ2n) is 3.74. The number of amides is 1. The number of aryl methyl sites for hydroxylation is 1. The fourth-order valence-electron chi connectivity index (χ4n) is 1.30. The molecule has 1 rings (SSSR count). The molecule has 7 heteroatoms. The first-order chi connectivity index (χ1) is 7.64. The zero-order valence-electron chi connectivity index (χ0n) is 9.49. The molecule has 17 heavy (non-hydrogen) atoms. The Bertz CT molecular complexity index is 569. The first-order valence-electron chi connectivity index (χ1n) is 4.61. The number of rotatable bonds is 2. The van der Waals surface area contributed by atoms with Crippen molar-refractivity contribution >= 4 is 41.6 Å². The van der Waals surface area contributed by atoms with Gasteiger partial charge < -0.3 is 4.90 Å². The summed E-state index contributed by atoms with van der Waals surface area (Å²) in [5.41, 5.74) is 0.923. The van der Waals surface area contributed by atoms with Crippen molar-refractivity contribution in [3.05, 3.63) is 27.7 Å². The Hall–Kier alpha value is -0.590. The molecule has 0 radical (unpaired) electrons. The average Bonchev–Trinajstić information content (AvgIpc) is 2.18. The van der Waals surface area contributed by atoms with Crippen LogP contribution in [0.25, 0.3) is 0 Å². The average molecular weight is 341 g/mol. The molecule has 1 aromatic rings. The van der Waals surface area contributed by atoms with E-state index in [4.69, 9.17) is 10.7 Å². The maximum absolute atomic E-state index is 11.8. The summed E-state index contributed by atoms with van der Waals surface area (Å²) in [6.45, 7) is 1.70. The lowest BCUT2D eigenvalue weighted by Crippen LogP contribution is -2.22. The molecule has 0 bridgehead atoms. The van der Waals surface area contributed by atoms with Gasteiger partial charge in [-0.2, -0.15) is 0 Å². The van der Waals surface area contributed by atoms with E-state index in [1.165, 1.54) is 11.0 Å². The fourth-order valence-corrected chi connectivity index (χ4v) is 3.45. The van der Waals surface area contributed by atoms with Crippen LogP contribution in [0.2, 0.25) is 0 Å². The van der Waals surface area contributed by atoms with E-state index in [1.54, 1.807) is 27.1 Å². The van der Waals surface area contributed by atoms with Crippen LogP contribution in [0.15, 0.2) is 21.5 Å². The van der Waals surface area contributed by atoms with Gasteiger partial charge in [-0.25, -0.2) is 8.42 Å². The second kappa shape index (κ2) is 4.96.